The van der Waals surface area contributed by atoms with Crippen molar-refractivity contribution >= 4 is 40.2 Å². The summed E-state index contributed by atoms with van der Waals surface area (Å²) in [7, 11) is 2.79. The predicted molar refractivity (Wildman–Crippen MR) is 91.4 cm³/mol. The van der Waals surface area contributed by atoms with Gasteiger partial charge in [0.25, 0.3) is 5.91 Å². The van der Waals surface area contributed by atoms with E-state index in [4.69, 9.17) is 9.47 Å². The molecule has 114 valence electrons. The Morgan fingerprint density at radius 2 is 1.77 bits per heavy atom. The van der Waals surface area contributed by atoms with Crippen LogP contribution in [-0.2, 0) is 4.74 Å². The normalized spacial score (nSPS) is 9.95. The summed E-state index contributed by atoms with van der Waals surface area (Å²) in [6.07, 6.45) is 0. The molecule has 2 aromatic rings. The minimum Gasteiger partial charge on any atom is -0.497 e. The third kappa shape index (κ3) is 3.56. The Morgan fingerprint density at radius 3 is 2.41 bits per heavy atom. The van der Waals surface area contributed by atoms with Crippen LogP contribution in [0.1, 0.15) is 20.7 Å². The van der Waals surface area contributed by atoms with Gasteiger partial charge in [-0.1, -0.05) is 12.1 Å². The fraction of sp³-hybridized carbons (Fsp3) is 0.125. The summed E-state index contributed by atoms with van der Waals surface area (Å²) in [6, 6.07) is 12.0. The Labute approximate surface area is 141 Å². The molecule has 0 bridgehead atoms. The van der Waals surface area contributed by atoms with Crippen LogP contribution in [0.2, 0.25) is 0 Å². The highest BCUT2D eigenvalue weighted by molar-refractivity contribution is 14.1. The standard InChI is InChI=1S/C16H14INO4/c1-21-10-7-8-14(12(9-10)16(20)22-2)18-15(19)11-5-3-4-6-13(11)17/h3-9H,1-2H3,(H,18,19). The first kappa shape index (κ1) is 16.3. The highest BCUT2D eigenvalue weighted by Gasteiger charge is 2.17. The number of carbonyl (C=O) groups excluding carboxylic acids is 2. The highest BCUT2D eigenvalue weighted by atomic mass is 127. The van der Waals surface area contributed by atoms with Gasteiger partial charge in [0.1, 0.15) is 5.75 Å². The quantitative estimate of drug-likeness (QED) is 0.620. The zero-order chi connectivity index (χ0) is 16.1. The number of nitrogens with one attached hydrogen (secondary N) is 1. The van der Waals surface area contributed by atoms with E-state index in [1.54, 1.807) is 24.3 Å². The number of hydrogen-bond acceptors (Lipinski definition) is 4. The van der Waals surface area contributed by atoms with Crippen molar-refractivity contribution in [3.8, 4) is 5.75 Å². The largest absolute Gasteiger partial charge is 0.497 e. The molecule has 0 saturated heterocycles. The molecule has 6 heteroatoms. The Bertz CT molecular complexity index is 715. The number of rotatable bonds is 4. The third-order valence-electron chi connectivity index (χ3n) is 3.00. The third-order valence-corrected chi connectivity index (χ3v) is 3.94. The van der Waals surface area contributed by atoms with Gasteiger partial charge in [0, 0.05) is 3.57 Å². The van der Waals surface area contributed by atoms with Gasteiger partial charge in [0.2, 0.25) is 0 Å². The maximum absolute atomic E-state index is 12.4. The molecular weight excluding hydrogens is 397 g/mol. The number of halogens is 1. The molecule has 1 N–H and O–H groups in total. The van der Waals surface area contributed by atoms with E-state index in [1.165, 1.54) is 20.3 Å². The van der Waals surface area contributed by atoms with Gasteiger partial charge in [-0.15, -0.1) is 0 Å². The van der Waals surface area contributed by atoms with Gasteiger partial charge in [0.15, 0.2) is 0 Å². The molecule has 0 aliphatic rings. The summed E-state index contributed by atoms with van der Waals surface area (Å²) in [5.41, 5.74) is 1.15. The molecule has 2 rings (SSSR count). The van der Waals surface area contributed by atoms with Gasteiger partial charge in [-0.2, -0.15) is 0 Å². The van der Waals surface area contributed by atoms with E-state index in [0.717, 1.165) is 3.57 Å². The number of esters is 1. The van der Waals surface area contributed by atoms with E-state index in [-0.39, 0.29) is 11.5 Å². The minimum absolute atomic E-state index is 0.237. The smallest absolute Gasteiger partial charge is 0.340 e. The Kier molecular flexibility index (Phi) is 5.37. The van der Waals surface area contributed by atoms with Crippen molar-refractivity contribution in [3.05, 3.63) is 57.2 Å². The first-order valence-electron chi connectivity index (χ1n) is 6.39. The lowest BCUT2D eigenvalue weighted by Crippen LogP contribution is -2.16. The zero-order valence-electron chi connectivity index (χ0n) is 12.1. The van der Waals surface area contributed by atoms with Gasteiger partial charge >= 0.3 is 5.97 Å². The van der Waals surface area contributed by atoms with E-state index < -0.39 is 5.97 Å². The zero-order valence-corrected chi connectivity index (χ0v) is 14.2. The maximum atomic E-state index is 12.4. The Balaban J connectivity index is 2.35. The summed E-state index contributed by atoms with van der Waals surface area (Å²) in [4.78, 5) is 24.2. The predicted octanol–water partition coefficient (Wildman–Crippen LogP) is 3.34. The average Bonchev–Trinajstić information content (AvgIpc) is 2.54. The summed E-state index contributed by atoms with van der Waals surface area (Å²) in [5.74, 6) is -0.329. The van der Waals surface area contributed by atoms with Crippen molar-refractivity contribution in [2.45, 2.75) is 0 Å². The van der Waals surface area contributed by atoms with Crippen molar-refractivity contribution in [2.24, 2.45) is 0 Å². The van der Waals surface area contributed by atoms with Crippen LogP contribution in [0.4, 0.5) is 5.69 Å². The molecular formula is C16H14INO4. The lowest BCUT2D eigenvalue weighted by atomic mass is 10.1. The van der Waals surface area contributed by atoms with E-state index >= 15 is 0 Å². The van der Waals surface area contributed by atoms with E-state index in [2.05, 4.69) is 27.9 Å². The molecule has 0 aliphatic heterocycles. The number of anilines is 1. The van der Waals surface area contributed by atoms with Crippen molar-refractivity contribution in [2.75, 3.05) is 19.5 Å². The number of methoxy groups -OCH3 is 2. The summed E-state index contributed by atoms with van der Waals surface area (Å²) in [6.45, 7) is 0. The lowest BCUT2D eigenvalue weighted by molar-refractivity contribution is 0.0601. The van der Waals surface area contributed by atoms with E-state index in [1.807, 2.05) is 12.1 Å². The second-order valence-corrected chi connectivity index (χ2v) is 5.50. The molecule has 0 aromatic heterocycles. The van der Waals surface area contributed by atoms with Crippen molar-refractivity contribution in [1.82, 2.24) is 0 Å². The topological polar surface area (TPSA) is 64.6 Å². The Hall–Kier alpha value is -2.09. The van der Waals surface area contributed by atoms with Gasteiger partial charge in [0.05, 0.1) is 31.0 Å². The van der Waals surface area contributed by atoms with E-state index in [0.29, 0.717) is 17.0 Å². The number of carbonyl (C=O) groups is 2. The molecule has 0 saturated carbocycles. The van der Waals surface area contributed by atoms with Crippen LogP contribution >= 0.6 is 22.6 Å². The summed E-state index contributed by atoms with van der Waals surface area (Å²) < 4.78 is 10.7. The number of benzene rings is 2. The van der Waals surface area contributed by atoms with E-state index in [9.17, 15) is 9.59 Å². The highest BCUT2D eigenvalue weighted by Crippen LogP contribution is 2.24. The molecule has 22 heavy (non-hydrogen) atoms. The fourth-order valence-corrected chi connectivity index (χ4v) is 2.51. The summed E-state index contributed by atoms with van der Waals surface area (Å²) >= 11 is 2.09. The lowest BCUT2D eigenvalue weighted by Gasteiger charge is -2.12. The van der Waals surface area contributed by atoms with Crippen LogP contribution in [0, 0.1) is 3.57 Å². The molecule has 1 amide bonds. The van der Waals surface area contributed by atoms with Crippen LogP contribution < -0.4 is 10.1 Å². The maximum Gasteiger partial charge on any atom is 0.340 e. The van der Waals surface area contributed by atoms with Crippen LogP contribution in [-0.4, -0.2) is 26.1 Å². The molecule has 2 aromatic carbocycles. The van der Waals surface area contributed by atoms with Gasteiger partial charge in [-0.05, 0) is 52.9 Å². The molecule has 0 spiro atoms. The molecule has 0 unspecified atom stereocenters. The van der Waals surface area contributed by atoms with Gasteiger partial charge < -0.3 is 14.8 Å². The first-order valence-corrected chi connectivity index (χ1v) is 7.47. The van der Waals surface area contributed by atoms with Gasteiger partial charge in [-0.25, -0.2) is 4.79 Å². The molecule has 0 atom stereocenters. The van der Waals surface area contributed by atoms with Crippen LogP contribution in [0.25, 0.3) is 0 Å². The van der Waals surface area contributed by atoms with Crippen molar-refractivity contribution in [3.63, 3.8) is 0 Å². The van der Waals surface area contributed by atoms with Crippen molar-refractivity contribution < 1.29 is 19.1 Å². The minimum atomic E-state index is -0.544. The first-order chi connectivity index (χ1) is 10.6. The SMILES string of the molecule is COC(=O)c1cc(OC)ccc1NC(=O)c1ccccc1I. The van der Waals surface area contributed by atoms with Crippen LogP contribution in [0.3, 0.4) is 0 Å². The van der Waals surface area contributed by atoms with Crippen LogP contribution in [0.5, 0.6) is 5.75 Å². The molecule has 5 nitrogen and oxygen atoms in total. The second-order valence-electron chi connectivity index (χ2n) is 4.34. The summed E-state index contributed by atoms with van der Waals surface area (Å²) in [5, 5.41) is 2.73. The molecule has 0 aliphatic carbocycles. The molecule has 0 radical (unpaired) electrons. The number of amides is 1. The fourth-order valence-electron chi connectivity index (χ4n) is 1.87. The van der Waals surface area contributed by atoms with Gasteiger partial charge in [-0.3, -0.25) is 4.79 Å². The monoisotopic (exact) mass is 411 g/mol. The van der Waals surface area contributed by atoms with Crippen molar-refractivity contribution in [1.29, 1.82) is 0 Å². The molecule has 0 heterocycles. The Morgan fingerprint density at radius 1 is 1.05 bits per heavy atom. The number of ether oxygens (including phenoxy) is 2. The molecule has 0 fully saturated rings. The average molecular weight is 411 g/mol. The second kappa shape index (κ2) is 7.26. The van der Waals surface area contributed by atoms with Crippen LogP contribution in [0.15, 0.2) is 42.5 Å². The number of hydrogen-bond donors (Lipinski definition) is 1.